The molecule has 130 valence electrons. The minimum Gasteiger partial charge on any atom is -0.383 e. The zero-order valence-electron chi connectivity index (χ0n) is 13.3. The summed E-state index contributed by atoms with van der Waals surface area (Å²) in [5.41, 5.74) is -0.604. The lowest BCUT2D eigenvalue weighted by molar-refractivity contribution is 0.162. The Morgan fingerprint density at radius 2 is 1.80 bits per heavy atom. The Morgan fingerprint density at radius 3 is 2.32 bits per heavy atom. The van der Waals surface area contributed by atoms with E-state index in [1.807, 2.05) is 0 Å². The molecule has 0 aromatic heterocycles. The fourth-order valence-corrected chi connectivity index (χ4v) is 5.79. The van der Waals surface area contributed by atoms with Crippen LogP contribution in [0.5, 0.6) is 0 Å². The van der Waals surface area contributed by atoms with E-state index in [2.05, 4.69) is 6.07 Å². The van der Waals surface area contributed by atoms with Gasteiger partial charge >= 0.3 is 0 Å². The first-order chi connectivity index (χ1) is 11.9. The van der Waals surface area contributed by atoms with Crippen molar-refractivity contribution in [2.75, 3.05) is 13.7 Å². The lowest BCUT2D eigenvalue weighted by Gasteiger charge is -2.08. The first-order valence-electron chi connectivity index (χ1n) is 7.52. The van der Waals surface area contributed by atoms with Gasteiger partial charge in [-0.1, -0.05) is 23.7 Å². The van der Waals surface area contributed by atoms with Crippen LogP contribution in [-0.4, -0.2) is 27.4 Å². The van der Waals surface area contributed by atoms with Crippen molar-refractivity contribution in [1.29, 1.82) is 5.26 Å². The van der Waals surface area contributed by atoms with Crippen LogP contribution in [0.15, 0.2) is 53.4 Å². The largest absolute Gasteiger partial charge is 0.383 e. The smallest absolute Gasteiger partial charge is 0.183 e. The lowest BCUT2D eigenvalue weighted by Crippen LogP contribution is -2.19. The van der Waals surface area contributed by atoms with E-state index in [0.29, 0.717) is 10.6 Å². The summed E-state index contributed by atoms with van der Waals surface area (Å²) < 4.78 is 44.5. The number of nitriles is 1. The number of nitrogens with zero attached hydrogens (tertiary/aromatic N) is 1. The molecule has 0 bridgehead atoms. The highest BCUT2D eigenvalue weighted by atomic mass is 35.5. The number of benzene rings is 2. The molecule has 1 aliphatic carbocycles. The van der Waals surface area contributed by atoms with Gasteiger partial charge < -0.3 is 4.74 Å². The molecule has 0 radical (unpaired) electrons. The first kappa shape index (κ1) is 17.9. The van der Waals surface area contributed by atoms with Gasteiger partial charge in [-0.05, 0) is 42.0 Å². The molecule has 0 amide bonds. The van der Waals surface area contributed by atoms with Crippen LogP contribution in [0.3, 0.4) is 0 Å². The SMILES string of the molecule is COC[C@@]1(C#N)[C@H](c2ccc(F)cc2)[C@@H]1S(=O)(=O)c1ccc(Cl)cc1. The quantitative estimate of drug-likeness (QED) is 0.796. The molecule has 25 heavy (non-hydrogen) atoms. The third kappa shape index (κ3) is 2.93. The van der Waals surface area contributed by atoms with Gasteiger partial charge in [-0.15, -0.1) is 0 Å². The maximum absolute atomic E-state index is 13.2. The predicted molar refractivity (Wildman–Crippen MR) is 91.5 cm³/mol. The van der Waals surface area contributed by atoms with Gasteiger partial charge in [-0.2, -0.15) is 5.26 Å². The predicted octanol–water partition coefficient (Wildman–Crippen LogP) is 3.58. The summed E-state index contributed by atoms with van der Waals surface area (Å²) in [6, 6.07) is 13.5. The third-order valence-corrected chi connectivity index (χ3v) is 7.10. The molecular formula is C18H15ClFNO3S. The average molecular weight is 380 g/mol. The van der Waals surface area contributed by atoms with E-state index >= 15 is 0 Å². The average Bonchev–Trinajstić information content (AvgIpc) is 3.26. The molecule has 3 atom stereocenters. The van der Waals surface area contributed by atoms with E-state index in [1.54, 1.807) is 0 Å². The van der Waals surface area contributed by atoms with Gasteiger partial charge in [0.05, 0.1) is 22.8 Å². The first-order valence-corrected chi connectivity index (χ1v) is 9.44. The lowest BCUT2D eigenvalue weighted by atomic mass is 10.0. The Kier molecular flexibility index (Phi) is 4.58. The molecule has 0 spiro atoms. The second-order valence-electron chi connectivity index (χ2n) is 6.03. The number of rotatable bonds is 5. The Balaban J connectivity index is 2.07. The van der Waals surface area contributed by atoms with E-state index in [9.17, 15) is 18.1 Å². The van der Waals surface area contributed by atoms with Crippen LogP contribution in [0, 0.1) is 22.6 Å². The summed E-state index contributed by atoms with van der Waals surface area (Å²) in [5.74, 6) is -1.01. The topological polar surface area (TPSA) is 67.2 Å². The van der Waals surface area contributed by atoms with Crippen LogP contribution >= 0.6 is 11.6 Å². The highest BCUT2D eigenvalue weighted by Crippen LogP contribution is 2.63. The van der Waals surface area contributed by atoms with E-state index in [1.165, 1.54) is 55.6 Å². The molecule has 1 saturated carbocycles. The van der Waals surface area contributed by atoms with Crippen molar-refractivity contribution in [1.82, 2.24) is 0 Å². The van der Waals surface area contributed by atoms with Crippen molar-refractivity contribution in [3.8, 4) is 6.07 Å². The van der Waals surface area contributed by atoms with Crippen molar-refractivity contribution >= 4 is 21.4 Å². The van der Waals surface area contributed by atoms with E-state index in [-0.39, 0.29) is 11.5 Å². The molecule has 0 unspecified atom stereocenters. The normalized spacial score (nSPS) is 25.4. The monoisotopic (exact) mass is 379 g/mol. The maximum Gasteiger partial charge on any atom is 0.183 e. The molecule has 3 rings (SSSR count). The van der Waals surface area contributed by atoms with Crippen LogP contribution in [0.1, 0.15) is 11.5 Å². The highest BCUT2D eigenvalue weighted by molar-refractivity contribution is 7.92. The van der Waals surface area contributed by atoms with Gasteiger partial charge in [-0.3, -0.25) is 0 Å². The van der Waals surface area contributed by atoms with Crippen LogP contribution in [0.4, 0.5) is 4.39 Å². The summed E-state index contributed by atoms with van der Waals surface area (Å²) >= 11 is 5.83. The molecule has 0 heterocycles. The number of hydrogen-bond acceptors (Lipinski definition) is 4. The van der Waals surface area contributed by atoms with E-state index < -0.39 is 32.2 Å². The van der Waals surface area contributed by atoms with Crippen molar-refractivity contribution in [3.63, 3.8) is 0 Å². The molecule has 0 saturated heterocycles. The van der Waals surface area contributed by atoms with Crippen molar-refractivity contribution in [2.24, 2.45) is 5.41 Å². The minimum atomic E-state index is -3.79. The summed E-state index contributed by atoms with van der Waals surface area (Å²) in [6.45, 7) is -0.0248. The van der Waals surface area contributed by atoms with Crippen LogP contribution < -0.4 is 0 Å². The summed E-state index contributed by atoms with van der Waals surface area (Å²) in [4.78, 5) is 0.0993. The Hall–Kier alpha value is -1.94. The van der Waals surface area contributed by atoms with E-state index in [0.717, 1.165) is 0 Å². The summed E-state index contributed by atoms with van der Waals surface area (Å²) in [6.07, 6.45) is 0. The van der Waals surface area contributed by atoms with Crippen molar-refractivity contribution < 1.29 is 17.5 Å². The fourth-order valence-electron chi connectivity index (χ4n) is 3.35. The van der Waals surface area contributed by atoms with Gasteiger partial charge in [0.15, 0.2) is 9.84 Å². The maximum atomic E-state index is 13.2. The second-order valence-corrected chi connectivity index (χ2v) is 8.54. The van der Waals surface area contributed by atoms with Crippen LogP contribution in [-0.2, 0) is 14.6 Å². The zero-order chi connectivity index (χ0) is 18.2. The zero-order valence-corrected chi connectivity index (χ0v) is 14.9. The van der Waals surface area contributed by atoms with Gasteiger partial charge in [0, 0.05) is 18.1 Å². The molecule has 7 heteroatoms. The molecule has 0 N–H and O–H groups in total. The minimum absolute atomic E-state index is 0.0248. The summed E-state index contributed by atoms with van der Waals surface area (Å²) in [5, 5.41) is 9.17. The number of sulfone groups is 1. The van der Waals surface area contributed by atoms with Crippen molar-refractivity contribution in [2.45, 2.75) is 16.1 Å². The Labute approximate surface area is 150 Å². The van der Waals surface area contributed by atoms with Gasteiger partial charge in [0.25, 0.3) is 0 Å². The molecule has 0 aliphatic heterocycles. The van der Waals surface area contributed by atoms with Crippen molar-refractivity contribution in [3.05, 3.63) is 64.9 Å². The number of ether oxygens (including phenoxy) is 1. The second kappa shape index (κ2) is 6.41. The van der Waals surface area contributed by atoms with Crippen LogP contribution in [0.25, 0.3) is 0 Å². The third-order valence-electron chi connectivity index (χ3n) is 4.55. The van der Waals surface area contributed by atoms with E-state index in [4.69, 9.17) is 16.3 Å². The Bertz CT molecular complexity index is 922. The highest BCUT2D eigenvalue weighted by Gasteiger charge is 2.72. The molecular weight excluding hydrogens is 365 g/mol. The molecule has 4 nitrogen and oxygen atoms in total. The standard InChI is InChI=1S/C18H15ClFNO3S/c1-24-11-18(10-21)16(12-2-6-14(20)7-3-12)17(18)25(22,23)15-8-4-13(19)5-9-15/h2-9,16-17H,11H2,1H3/t16-,17+,18+/m1/s1. The van der Waals surface area contributed by atoms with Gasteiger partial charge in [0.2, 0.25) is 0 Å². The van der Waals surface area contributed by atoms with Gasteiger partial charge in [-0.25, -0.2) is 12.8 Å². The summed E-state index contributed by atoms with van der Waals surface area (Å²) in [7, 11) is -2.37. The molecule has 2 aromatic rings. The fraction of sp³-hybridized carbons (Fsp3) is 0.278. The van der Waals surface area contributed by atoms with Gasteiger partial charge in [0.1, 0.15) is 11.2 Å². The number of methoxy groups -OCH3 is 1. The van der Waals surface area contributed by atoms with Crippen LogP contribution in [0.2, 0.25) is 5.02 Å². The number of hydrogen-bond donors (Lipinski definition) is 0. The molecule has 1 fully saturated rings. The molecule has 1 aliphatic rings. The number of halogens is 2. The molecule has 2 aromatic carbocycles. The Morgan fingerprint density at radius 1 is 1.20 bits per heavy atom.